The molecule has 1 heterocycles. The van der Waals surface area contributed by atoms with Gasteiger partial charge in [-0.3, -0.25) is 4.79 Å². The first-order valence-electron chi connectivity index (χ1n) is 3.86. The molecule has 1 atom stereocenters. The van der Waals surface area contributed by atoms with Gasteiger partial charge in [0.2, 0.25) is 0 Å². The van der Waals surface area contributed by atoms with Crippen LogP contribution >= 0.6 is 0 Å². The van der Waals surface area contributed by atoms with E-state index in [-0.39, 0.29) is 17.8 Å². The van der Waals surface area contributed by atoms with E-state index in [2.05, 4.69) is 9.68 Å². The highest BCUT2D eigenvalue weighted by molar-refractivity contribution is 5.74. The summed E-state index contributed by atoms with van der Waals surface area (Å²) in [4.78, 5) is 11.1. The van der Waals surface area contributed by atoms with Crippen LogP contribution in [-0.2, 0) is 4.79 Å². The third-order valence-electron chi connectivity index (χ3n) is 1.63. The van der Waals surface area contributed by atoms with E-state index in [1.54, 1.807) is 0 Å². The van der Waals surface area contributed by atoms with Crippen LogP contribution in [-0.4, -0.2) is 11.1 Å². The van der Waals surface area contributed by atoms with Gasteiger partial charge in [0.15, 0.2) is 0 Å². The normalized spacial score (nSPS) is 12.5. The molecule has 0 N–H and O–H groups in total. The fourth-order valence-electron chi connectivity index (χ4n) is 0.624. The van der Waals surface area contributed by atoms with E-state index in [4.69, 9.17) is 4.74 Å². The lowest BCUT2D eigenvalue weighted by molar-refractivity contribution is -0.138. The fourth-order valence-corrected chi connectivity index (χ4v) is 0.624. The van der Waals surface area contributed by atoms with E-state index in [9.17, 15) is 4.79 Å². The maximum Gasteiger partial charge on any atom is 0.315 e. The van der Waals surface area contributed by atoms with Gasteiger partial charge in [0.1, 0.15) is 6.26 Å². The molecule has 12 heavy (non-hydrogen) atoms. The second-order valence-electron chi connectivity index (χ2n) is 2.57. The van der Waals surface area contributed by atoms with Crippen LogP contribution < -0.4 is 4.74 Å². The molecule has 0 bridgehead atoms. The zero-order valence-corrected chi connectivity index (χ0v) is 7.11. The van der Waals surface area contributed by atoms with Crippen molar-refractivity contribution in [1.82, 2.24) is 5.16 Å². The number of esters is 1. The number of ether oxygens (including phenoxy) is 1. The summed E-state index contributed by atoms with van der Waals surface area (Å²) in [7, 11) is 0. The molecule has 4 nitrogen and oxygen atoms in total. The molecule has 0 aliphatic rings. The quantitative estimate of drug-likeness (QED) is 0.645. The van der Waals surface area contributed by atoms with Crippen LogP contribution in [0.4, 0.5) is 0 Å². The Morgan fingerprint density at radius 2 is 2.58 bits per heavy atom. The van der Waals surface area contributed by atoms with E-state index >= 15 is 0 Å². The Labute approximate surface area is 70.5 Å². The van der Waals surface area contributed by atoms with Crippen molar-refractivity contribution < 1.29 is 14.1 Å². The van der Waals surface area contributed by atoms with Crippen molar-refractivity contribution in [3.63, 3.8) is 0 Å². The van der Waals surface area contributed by atoms with Crippen LogP contribution in [0.2, 0.25) is 0 Å². The average molecular weight is 169 g/mol. The number of hydrogen-bond donors (Lipinski definition) is 0. The first kappa shape index (κ1) is 8.77. The number of carbonyl (C=O) groups is 1. The van der Waals surface area contributed by atoms with Gasteiger partial charge in [0, 0.05) is 6.07 Å². The van der Waals surface area contributed by atoms with E-state index in [1.165, 1.54) is 12.3 Å². The SMILES string of the molecule is CCC(C)C(=O)Oc1ccon1. The molecule has 4 heteroatoms. The van der Waals surface area contributed by atoms with Gasteiger partial charge < -0.3 is 9.26 Å². The number of nitrogens with zero attached hydrogens (tertiary/aromatic N) is 1. The van der Waals surface area contributed by atoms with E-state index < -0.39 is 0 Å². The van der Waals surface area contributed by atoms with Gasteiger partial charge in [0.25, 0.3) is 5.88 Å². The summed E-state index contributed by atoms with van der Waals surface area (Å²) < 4.78 is 9.36. The third-order valence-corrected chi connectivity index (χ3v) is 1.63. The van der Waals surface area contributed by atoms with E-state index in [1.807, 2.05) is 13.8 Å². The Morgan fingerprint density at radius 1 is 1.83 bits per heavy atom. The maximum absolute atomic E-state index is 11.1. The predicted molar refractivity (Wildman–Crippen MR) is 41.6 cm³/mol. The first-order valence-corrected chi connectivity index (χ1v) is 3.86. The molecule has 0 aliphatic heterocycles. The van der Waals surface area contributed by atoms with E-state index in [0.29, 0.717) is 0 Å². The highest BCUT2D eigenvalue weighted by Crippen LogP contribution is 2.09. The van der Waals surface area contributed by atoms with Gasteiger partial charge >= 0.3 is 5.97 Å². The molecule has 0 amide bonds. The minimum absolute atomic E-state index is 0.0956. The summed E-state index contributed by atoms with van der Waals surface area (Å²) in [5.41, 5.74) is 0. The summed E-state index contributed by atoms with van der Waals surface area (Å²) in [5.74, 6) is -0.145. The van der Waals surface area contributed by atoms with Gasteiger partial charge in [-0.05, 0) is 11.6 Å². The molecule has 0 aromatic carbocycles. The number of carbonyl (C=O) groups excluding carboxylic acids is 1. The molecule has 0 fully saturated rings. The van der Waals surface area contributed by atoms with Crippen LogP contribution in [0.15, 0.2) is 16.9 Å². The molecular weight excluding hydrogens is 158 g/mol. The van der Waals surface area contributed by atoms with Crippen LogP contribution in [0.3, 0.4) is 0 Å². The topological polar surface area (TPSA) is 52.3 Å². The highest BCUT2D eigenvalue weighted by Gasteiger charge is 2.13. The second kappa shape index (κ2) is 3.90. The van der Waals surface area contributed by atoms with E-state index in [0.717, 1.165) is 6.42 Å². The third kappa shape index (κ3) is 2.08. The lowest BCUT2D eigenvalue weighted by Crippen LogP contribution is -2.16. The van der Waals surface area contributed by atoms with Crippen molar-refractivity contribution in [3.05, 3.63) is 12.3 Å². The Hall–Kier alpha value is -1.32. The average Bonchev–Trinajstić information content (AvgIpc) is 2.55. The van der Waals surface area contributed by atoms with Gasteiger partial charge in [-0.15, -0.1) is 0 Å². The summed E-state index contributed by atoms with van der Waals surface area (Å²) in [6.45, 7) is 3.73. The summed E-state index contributed by atoms with van der Waals surface area (Å²) in [6.07, 6.45) is 2.12. The maximum atomic E-state index is 11.1. The van der Waals surface area contributed by atoms with Crippen molar-refractivity contribution in [2.45, 2.75) is 20.3 Å². The van der Waals surface area contributed by atoms with Crippen molar-refractivity contribution in [3.8, 4) is 5.88 Å². The molecule has 1 aromatic heterocycles. The van der Waals surface area contributed by atoms with Crippen molar-refractivity contribution in [1.29, 1.82) is 0 Å². The first-order chi connectivity index (χ1) is 5.74. The minimum Gasteiger partial charge on any atom is -0.404 e. The summed E-state index contributed by atoms with van der Waals surface area (Å²) in [6, 6.07) is 1.50. The zero-order valence-electron chi connectivity index (χ0n) is 7.11. The van der Waals surface area contributed by atoms with Gasteiger partial charge in [-0.2, -0.15) is 0 Å². The molecular formula is C8H11NO3. The Bertz CT molecular complexity index is 243. The smallest absolute Gasteiger partial charge is 0.315 e. The number of hydrogen-bond acceptors (Lipinski definition) is 4. The fraction of sp³-hybridized carbons (Fsp3) is 0.500. The number of aromatic nitrogens is 1. The lowest BCUT2D eigenvalue weighted by atomic mass is 10.1. The minimum atomic E-state index is -0.272. The van der Waals surface area contributed by atoms with Crippen LogP contribution in [0, 0.1) is 5.92 Å². The molecule has 0 aliphatic carbocycles. The molecule has 0 radical (unpaired) electrons. The van der Waals surface area contributed by atoms with Crippen molar-refractivity contribution in [2.24, 2.45) is 5.92 Å². The molecule has 1 unspecified atom stereocenters. The van der Waals surface area contributed by atoms with Crippen LogP contribution in [0.1, 0.15) is 20.3 Å². The highest BCUT2D eigenvalue weighted by atomic mass is 16.6. The predicted octanol–water partition coefficient (Wildman–Crippen LogP) is 1.63. The van der Waals surface area contributed by atoms with Crippen molar-refractivity contribution in [2.75, 3.05) is 0 Å². The summed E-state index contributed by atoms with van der Waals surface area (Å²) >= 11 is 0. The Morgan fingerprint density at radius 3 is 3.08 bits per heavy atom. The zero-order chi connectivity index (χ0) is 8.97. The van der Waals surface area contributed by atoms with Crippen LogP contribution in [0.5, 0.6) is 5.88 Å². The lowest BCUT2D eigenvalue weighted by Gasteiger charge is -2.04. The molecule has 1 aromatic rings. The standard InChI is InChI=1S/C8H11NO3/c1-3-6(2)8(10)12-7-4-5-11-9-7/h4-6H,3H2,1-2H3. The van der Waals surface area contributed by atoms with Gasteiger partial charge in [-0.25, -0.2) is 0 Å². The van der Waals surface area contributed by atoms with Crippen LogP contribution in [0.25, 0.3) is 0 Å². The molecule has 0 saturated heterocycles. The molecule has 0 saturated carbocycles. The molecule has 66 valence electrons. The largest absolute Gasteiger partial charge is 0.404 e. The van der Waals surface area contributed by atoms with Gasteiger partial charge in [-0.1, -0.05) is 13.8 Å². The monoisotopic (exact) mass is 169 g/mol. The summed E-state index contributed by atoms with van der Waals surface area (Å²) in [5, 5.41) is 3.45. The second-order valence-corrected chi connectivity index (χ2v) is 2.57. The Balaban J connectivity index is 2.47. The molecule has 0 spiro atoms. The van der Waals surface area contributed by atoms with Crippen molar-refractivity contribution >= 4 is 5.97 Å². The Kier molecular flexibility index (Phi) is 2.85. The van der Waals surface area contributed by atoms with Gasteiger partial charge in [0.05, 0.1) is 5.92 Å². The number of rotatable bonds is 3. The molecule has 1 rings (SSSR count).